The molecule has 1 unspecified atom stereocenters. The molecule has 0 spiro atoms. The second-order valence-electron chi connectivity index (χ2n) is 7.18. The Balaban J connectivity index is 1.51. The van der Waals surface area contributed by atoms with Gasteiger partial charge in [0.2, 0.25) is 5.91 Å². The van der Waals surface area contributed by atoms with Crippen molar-refractivity contribution in [2.45, 2.75) is 38.6 Å². The normalized spacial score (nSPS) is 21.3. The molecule has 3 rings (SSSR count). The predicted octanol–water partition coefficient (Wildman–Crippen LogP) is 3.11. The van der Waals surface area contributed by atoms with Gasteiger partial charge in [0, 0.05) is 12.6 Å². The van der Waals surface area contributed by atoms with Gasteiger partial charge in [-0.15, -0.1) is 0 Å². The molecule has 1 aromatic rings. The molecule has 1 fully saturated rings. The topological polar surface area (TPSA) is 81.7 Å². The van der Waals surface area contributed by atoms with Gasteiger partial charge in [0.25, 0.3) is 0 Å². The first kappa shape index (κ1) is 19.2. The number of hydroxylamine groups is 2. The van der Waals surface area contributed by atoms with Crippen LogP contribution in [-0.4, -0.2) is 41.3 Å². The number of carbonyl (C=O) groups is 2. The lowest BCUT2D eigenvalue weighted by atomic mass is 9.76. The Morgan fingerprint density at radius 3 is 2.59 bits per heavy atom. The van der Waals surface area contributed by atoms with Gasteiger partial charge in [0.15, 0.2) is 0 Å². The average molecular weight is 369 g/mol. The molecule has 6 heteroatoms. The van der Waals surface area contributed by atoms with Gasteiger partial charge in [-0.05, 0) is 36.8 Å². The highest BCUT2D eigenvalue weighted by atomic mass is 16.5. The predicted molar refractivity (Wildman–Crippen MR) is 104 cm³/mol. The minimum atomic E-state index is -0.588. The summed E-state index contributed by atoms with van der Waals surface area (Å²) < 4.78 is 0. The Morgan fingerprint density at radius 2 is 2.00 bits per heavy atom. The van der Waals surface area contributed by atoms with Crippen LogP contribution in [0.1, 0.15) is 38.2 Å². The number of benzene rings is 1. The summed E-state index contributed by atoms with van der Waals surface area (Å²) in [5, 5.41) is 15.9. The van der Waals surface area contributed by atoms with E-state index in [0.29, 0.717) is 17.9 Å². The number of amides is 3. The molecule has 0 bridgehead atoms. The number of rotatable bonds is 7. The summed E-state index contributed by atoms with van der Waals surface area (Å²) >= 11 is 0. The minimum Gasteiger partial charge on any atom is -0.353 e. The van der Waals surface area contributed by atoms with Crippen molar-refractivity contribution < 1.29 is 14.8 Å². The SMILES string of the molecule is CCC1(C(=O)NCCN(O)C(=O)NC2CC2)C=CC(c2ccccc2)=CC1. The minimum absolute atomic E-state index is 0.0545. The molecular formula is C21H27N3O3. The number of allylic oxidation sites excluding steroid dienone is 3. The highest BCUT2D eigenvalue weighted by molar-refractivity contribution is 5.88. The lowest BCUT2D eigenvalue weighted by Gasteiger charge is -2.30. The van der Waals surface area contributed by atoms with E-state index in [-0.39, 0.29) is 25.0 Å². The van der Waals surface area contributed by atoms with Gasteiger partial charge < -0.3 is 10.6 Å². The van der Waals surface area contributed by atoms with Crippen LogP contribution in [0.25, 0.3) is 5.57 Å². The molecule has 1 aromatic carbocycles. The van der Waals surface area contributed by atoms with E-state index in [1.165, 1.54) is 0 Å². The maximum absolute atomic E-state index is 12.7. The second-order valence-corrected chi connectivity index (χ2v) is 7.18. The maximum Gasteiger partial charge on any atom is 0.341 e. The molecule has 2 aliphatic carbocycles. The van der Waals surface area contributed by atoms with E-state index in [2.05, 4.69) is 28.8 Å². The van der Waals surface area contributed by atoms with Gasteiger partial charge in [-0.25, -0.2) is 9.86 Å². The van der Waals surface area contributed by atoms with Crippen LogP contribution in [0.3, 0.4) is 0 Å². The molecule has 6 nitrogen and oxygen atoms in total. The third kappa shape index (κ3) is 4.77. The Morgan fingerprint density at radius 1 is 1.26 bits per heavy atom. The second kappa shape index (κ2) is 8.39. The highest BCUT2D eigenvalue weighted by Gasteiger charge is 2.34. The molecule has 144 valence electrons. The van der Waals surface area contributed by atoms with E-state index in [0.717, 1.165) is 24.0 Å². The molecule has 27 heavy (non-hydrogen) atoms. The van der Waals surface area contributed by atoms with E-state index >= 15 is 0 Å². The molecule has 0 aliphatic heterocycles. The zero-order chi connectivity index (χ0) is 19.3. The van der Waals surface area contributed by atoms with Crippen molar-refractivity contribution in [3.8, 4) is 0 Å². The van der Waals surface area contributed by atoms with Crippen LogP contribution >= 0.6 is 0 Å². The zero-order valence-corrected chi connectivity index (χ0v) is 15.6. The fraction of sp³-hybridized carbons (Fsp3) is 0.429. The molecule has 1 atom stereocenters. The van der Waals surface area contributed by atoms with Crippen molar-refractivity contribution in [1.82, 2.24) is 15.7 Å². The van der Waals surface area contributed by atoms with Crippen molar-refractivity contribution in [3.63, 3.8) is 0 Å². The summed E-state index contributed by atoms with van der Waals surface area (Å²) in [4.78, 5) is 24.4. The van der Waals surface area contributed by atoms with Crippen molar-refractivity contribution in [2.75, 3.05) is 13.1 Å². The molecule has 2 aliphatic rings. The summed E-state index contributed by atoms with van der Waals surface area (Å²) in [6.45, 7) is 2.25. The lowest BCUT2D eigenvalue weighted by molar-refractivity contribution is -0.129. The first-order chi connectivity index (χ1) is 13.0. The number of hydrogen-bond donors (Lipinski definition) is 3. The monoisotopic (exact) mass is 369 g/mol. The van der Waals surface area contributed by atoms with Gasteiger partial charge >= 0.3 is 6.03 Å². The Kier molecular flexibility index (Phi) is 5.96. The van der Waals surface area contributed by atoms with E-state index < -0.39 is 11.4 Å². The largest absolute Gasteiger partial charge is 0.353 e. The Hall–Kier alpha value is -2.60. The quantitative estimate of drug-likeness (QED) is 0.510. The molecule has 0 radical (unpaired) electrons. The maximum atomic E-state index is 12.7. The smallest absolute Gasteiger partial charge is 0.341 e. The highest BCUT2D eigenvalue weighted by Crippen LogP contribution is 2.36. The van der Waals surface area contributed by atoms with E-state index in [1.807, 2.05) is 37.3 Å². The van der Waals surface area contributed by atoms with E-state index in [1.54, 1.807) is 0 Å². The van der Waals surface area contributed by atoms with Crippen LogP contribution in [0.4, 0.5) is 4.79 Å². The summed E-state index contributed by atoms with van der Waals surface area (Å²) in [6.07, 6.45) is 9.30. The van der Waals surface area contributed by atoms with Crippen molar-refractivity contribution in [2.24, 2.45) is 5.41 Å². The molecule has 0 aromatic heterocycles. The Labute approximate surface area is 159 Å². The zero-order valence-electron chi connectivity index (χ0n) is 15.6. The third-order valence-electron chi connectivity index (χ3n) is 5.21. The van der Waals surface area contributed by atoms with E-state index in [4.69, 9.17) is 0 Å². The number of hydrogen-bond acceptors (Lipinski definition) is 3. The number of urea groups is 1. The van der Waals surface area contributed by atoms with Gasteiger partial charge in [0.05, 0.1) is 12.0 Å². The number of nitrogens with zero attached hydrogens (tertiary/aromatic N) is 1. The number of nitrogens with one attached hydrogen (secondary N) is 2. The van der Waals surface area contributed by atoms with Crippen LogP contribution in [0.5, 0.6) is 0 Å². The fourth-order valence-electron chi connectivity index (χ4n) is 3.14. The standard InChI is InChI=1S/C21H27N3O3/c1-2-21(12-10-17(11-13-21)16-6-4-3-5-7-16)19(25)22-14-15-24(27)20(26)23-18-8-9-18/h3-7,10-12,18,27H,2,8-9,13-15H2,1H3,(H,22,25)(H,23,26). The van der Waals surface area contributed by atoms with Crippen LogP contribution in [0, 0.1) is 5.41 Å². The Bertz CT molecular complexity index is 740. The van der Waals surface area contributed by atoms with Crippen LogP contribution in [0.2, 0.25) is 0 Å². The molecule has 0 saturated heterocycles. The molecule has 1 saturated carbocycles. The van der Waals surface area contributed by atoms with Crippen LogP contribution in [-0.2, 0) is 4.79 Å². The summed E-state index contributed by atoms with van der Waals surface area (Å²) in [6, 6.07) is 9.76. The molecular weight excluding hydrogens is 342 g/mol. The van der Waals surface area contributed by atoms with Gasteiger partial charge in [-0.2, -0.15) is 0 Å². The van der Waals surface area contributed by atoms with Crippen LogP contribution in [0.15, 0.2) is 48.6 Å². The number of carbonyl (C=O) groups excluding carboxylic acids is 2. The van der Waals surface area contributed by atoms with Gasteiger partial charge in [0.1, 0.15) is 0 Å². The van der Waals surface area contributed by atoms with Gasteiger partial charge in [-0.1, -0.05) is 55.5 Å². The first-order valence-electron chi connectivity index (χ1n) is 9.54. The summed E-state index contributed by atoms with van der Waals surface area (Å²) in [5.74, 6) is -0.0828. The molecule has 3 amide bonds. The lowest BCUT2D eigenvalue weighted by Crippen LogP contribution is -2.45. The van der Waals surface area contributed by atoms with Crippen molar-refractivity contribution >= 4 is 17.5 Å². The average Bonchev–Trinajstić information content (AvgIpc) is 3.52. The van der Waals surface area contributed by atoms with Crippen LogP contribution < -0.4 is 10.6 Å². The third-order valence-corrected chi connectivity index (χ3v) is 5.21. The summed E-state index contributed by atoms with van der Waals surface area (Å²) in [7, 11) is 0. The van der Waals surface area contributed by atoms with Crippen molar-refractivity contribution in [1.29, 1.82) is 0 Å². The molecule has 0 heterocycles. The fourth-order valence-corrected chi connectivity index (χ4v) is 3.14. The van der Waals surface area contributed by atoms with E-state index in [9.17, 15) is 14.8 Å². The van der Waals surface area contributed by atoms with Crippen molar-refractivity contribution in [3.05, 3.63) is 54.1 Å². The van der Waals surface area contributed by atoms with Gasteiger partial charge in [-0.3, -0.25) is 10.0 Å². The molecule has 3 N–H and O–H groups in total. The summed E-state index contributed by atoms with van der Waals surface area (Å²) in [5.41, 5.74) is 1.66. The first-order valence-corrected chi connectivity index (χ1v) is 9.54.